The third-order valence-electron chi connectivity index (χ3n) is 6.29. The summed E-state index contributed by atoms with van der Waals surface area (Å²) in [7, 11) is 1.56. The van der Waals surface area contributed by atoms with E-state index in [-0.39, 0.29) is 17.9 Å². The van der Waals surface area contributed by atoms with Crippen LogP contribution in [0.25, 0.3) is 5.57 Å². The largest absolute Gasteiger partial charge is 0.491 e. The van der Waals surface area contributed by atoms with Crippen LogP contribution in [0.3, 0.4) is 0 Å². The van der Waals surface area contributed by atoms with Crippen molar-refractivity contribution in [2.75, 3.05) is 38.1 Å². The molecule has 2 aliphatic heterocycles. The molecule has 0 saturated carbocycles. The van der Waals surface area contributed by atoms with Crippen LogP contribution in [0.5, 0.6) is 5.75 Å². The fourth-order valence-corrected chi connectivity index (χ4v) is 4.40. The summed E-state index contributed by atoms with van der Waals surface area (Å²) >= 11 is 0. The van der Waals surface area contributed by atoms with Crippen molar-refractivity contribution < 1.29 is 14.3 Å². The number of imide groups is 1. The van der Waals surface area contributed by atoms with Crippen LogP contribution < -0.4 is 9.64 Å². The number of rotatable bonds is 5. The highest BCUT2D eigenvalue weighted by Crippen LogP contribution is 2.33. The second-order valence-corrected chi connectivity index (χ2v) is 8.78. The Hall–Kier alpha value is -3.28. The molecule has 0 aromatic heterocycles. The van der Waals surface area contributed by atoms with Crippen LogP contribution in [-0.2, 0) is 9.59 Å². The SMILES string of the molecule is Cc1cccc(N2CCN(C3=C(c4ccc(OC(C)C)cc4)C(=O)N(C)C3=O)CC2)c1C. The lowest BCUT2D eigenvalue weighted by molar-refractivity contribution is -0.135. The third-order valence-corrected chi connectivity index (χ3v) is 6.29. The van der Waals surface area contributed by atoms with Gasteiger partial charge in [0.25, 0.3) is 11.8 Å². The van der Waals surface area contributed by atoms with Gasteiger partial charge in [-0.2, -0.15) is 0 Å². The quantitative estimate of drug-likeness (QED) is 0.674. The number of aryl methyl sites for hydroxylation is 1. The fourth-order valence-electron chi connectivity index (χ4n) is 4.40. The number of piperazine rings is 1. The maximum Gasteiger partial charge on any atom is 0.277 e. The van der Waals surface area contributed by atoms with E-state index in [1.165, 1.54) is 21.7 Å². The number of benzene rings is 2. The Morgan fingerprint density at radius 1 is 0.844 bits per heavy atom. The molecule has 0 aliphatic carbocycles. The average molecular weight is 434 g/mol. The highest BCUT2D eigenvalue weighted by atomic mass is 16.5. The van der Waals surface area contributed by atoms with Crippen LogP contribution in [0.1, 0.15) is 30.5 Å². The molecule has 0 bridgehead atoms. The number of carbonyl (C=O) groups excluding carboxylic acids is 2. The number of amides is 2. The van der Waals surface area contributed by atoms with Crippen molar-refractivity contribution in [3.8, 4) is 5.75 Å². The molecule has 0 radical (unpaired) electrons. The Balaban J connectivity index is 1.60. The van der Waals surface area contributed by atoms with Crippen molar-refractivity contribution in [3.05, 3.63) is 64.9 Å². The molecule has 168 valence electrons. The molecule has 4 rings (SSSR count). The van der Waals surface area contributed by atoms with Gasteiger partial charge in [-0.05, 0) is 62.6 Å². The lowest BCUT2D eigenvalue weighted by Gasteiger charge is -2.38. The highest BCUT2D eigenvalue weighted by Gasteiger charge is 2.40. The standard InChI is InChI=1S/C26H31N3O3/c1-17(2)32-21-11-9-20(10-12-21)23-24(26(31)27(5)25(23)30)29-15-13-28(14-16-29)22-8-6-7-18(3)19(22)4/h6-12,17H,13-16H2,1-5H3. The third kappa shape index (κ3) is 3.97. The zero-order chi connectivity index (χ0) is 23.0. The van der Waals surface area contributed by atoms with Gasteiger partial charge in [0.05, 0.1) is 11.7 Å². The van der Waals surface area contributed by atoms with Gasteiger partial charge >= 0.3 is 0 Å². The van der Waals surface area contributed by atoms with Gasteiger partial charge in [-0.15, -0.1) is 0 Å². The van der Waals surface area contributed by atoms with Gasteiger partial charge in [0.2, 0.25) is 0 Å². The van der Waals surface area contributed by atoms with Gasteiger partial charge in [-0.25, -0.2) is 0 Å². The number of nitrogens with zero attached hydrogens (tertiary/aromatic N) is 3. The Kier molecular flexibility index (Phi) is 5.96. The second-order valence-electron chi connectivity index (χ2n) is 8.78. The number of anilines is 1. The van der Waals surface area contributed by atoms with Crippen molar-refractivity contribution in [3.63, 3.8) is 0 Å². The summed E-state index contributed by atoms with van der Waals surface area (Å²) in [5, 5.41) is 0. The van der Waals surface area contributed by atoms with E-state index in [1.54, 1.807) is 7.05 Å². The monoisotopic (exact) mass is 433 g/mol. The first-order valence-corrected chi connectivity index (χ1v) is 11.2. The zero-order valence-electron chi connectivity index (χ0n) is 19.5. The number of ether oxygens (including phenoxy) is 1. The minimum Gasteiger partial charge on any atom is -0.491 e. The maximum absolute atomic E-state index is 13.0. The summed E-state index contributed by atoms with van der Waals surface area (Å²) in [6, 6.07) is 13.8. The first kappa shape index (κ1) is 21.9. The van der Waals surface area contributed by atoms with Crippen molar-refractivity contribution in [2.24, 2.45) is 0 Å². The molecule has 1 saturated heterocycles. The first-order valence-electron chi connectivity index (χ1n) is 11.2. The van der Waals surface area contributed by atoms with Gasteiger partial charge in [0.15, 0.2) is 0 Å². The van der Waals surface area contributed by atoms with E-state index >= 15 is 0 Å². The molecule has 6 nitrogen and oxygen atoms in total. The summed E-state index contributed by atoms with van der Waals surface area (Å²) in [6.45, 7) is 11.2. The molecular weight excluding hydrogens is 402 g/mol. The topological polar surface area (TPSA) is 53.1 Å². The molecule has 32 heavy (non-hydrogen) atoms. The highest BCUT2D eigenvalue weighted by molar-refractivity contribution is 6.35. The van der Waals surface area contributed by atoms with E-state index < -0.39 is 0 Å². The molecule has 6 heteroatoms. The average Bonchev–Trinajstić information content (AvgIpc) is 3.00. The molecule has 0 spiro atoms. The second kappa shape index (κ2) is 8.69. The molecule has 2 aromatic rings. The van der Waals surface area contributed by atoms with Gasteiger partial charge < -0.3 is 14.5 Å². The van der Waals surface area contributed by atoms with Gasteiger partial charge in [-0.3, -0.25) is 14.5 Å². The Morgan fingerprint density at radius 3 is 2.09 bits per heavy atom. The molecule has 1 fully saturated rings. The smallest absolute Gasteiger partial charge is 0.277 e. The van der Waals surface area contributed by atoms with E-state index in [4.69, 9.17) is 4.74 Å². The Bertz CT molecular complexity index is 1060. The molecule has 2 heterocycles. The van der Waals surface area contributed by atoms with Crippen molar-refractivity contribution >= 4 is 23.1 Å². The lowest BCUT2D eigenvalue weighted by atomic mass is 10.0. The predicted molar refractivity (Wildman–Crippen MR) is 127 cm³/mol. The van der Waals surface area contributed by atoms with E-state index in [1.807, 2.05) is 38.1 Å². The van der Waals surface area contributed by atoms with E-state index in [0.717, 1.165) is 24.4 Å². The molecule has 0 atom stereocenters. The molecule has 2 aromatic carbocycles. The minimum absolute atomic E-state index is 0.0739. The number of likely N-dealkylation sites (N-methyl/N-ethyl adjacent to an activating group) is 1. The summed E-state index contributed by atoms with van der Waals surface area (Å²) in [5.74, 6) is 0.269. The first-order chi connectivity index (χ1) is 15.3. The van der Waals surface area contributed by atoms with E-state index in [9.17, 15) is 9.59 Å². The number of hydrogen-bond donors (Lipinski definition) is 0. The van der Waals surface area contributed by atoms with Crippen LogP contribution in [0.2, 0.25) is 0 Å². The van der Waals surface area contributed by atoms with E-state index in [2.05, 4.69) is 41.8 Å². The van der Waals surface area contributed by atoms with Gasteiger partial charge in [-0.1, -0.05) is 24.3 Å². The molecular formula is C26H31N3O3. The summed E-state index contributed by atoms with van der Waals surface area (Å²) < 4.78 is 5.72. The van der Waals surface area contributed by atoms with Crippen LogP contribution in [-0.4, -0.2) is 60.9 Å². The Morgan fingerprint density at radius 2 is 1.47 bits per heavy atom. The summed E-state index contributed by atoms with van der Waals surface area (Å²) in [5.41, 5.74) is 5.54. The zero-order valence-corrected chi connectivity index (χ0v) is 19.5. The molecule has 2 amide bonds. The molecule has 0 unspecified atom stereocenters. The van der Waals surface area contributed by atoms with Crippen molar-refractivity contribution in [2.45, 2.75) is 33.8 Å². The number of carbonyl (C=O) groups is 2. The lowest BCUT2D eigenvalue weighted by Crippen LogP contribution is -2.47. The summed E-state index contributed by atoms with van der Waals surface area (Å²) in [6.07, 6.45) is 0.0739. The maximum atomic E-state index is 13.0. The van der Waals surface area contributed by atoms with Gasteiger partial charge in [0, 0.05) is 38.9 Å². The van der Waals surface area contributed by atoms with Crippen molar-refractivity contribution in [1.82, 2.24) is 9.80 Å². The molecule has 0 N–H and O–H groups in total. The number of hydrogen-bond acceptors (Lipinski definition) is 5. The van der Waals surface area contributed by atoms with Crippen LogP contribution in [0.15, 0.2) is 48.2 Å². The Labute approximate surface area is 190 Å². The van der Waals surface area contributed by atoms with Crippen LogP contribution >= 0.6 is 0 Å². The van der Waals surface area contributed by atoms with Gasteiger partial charge in [0.1, 0.15) is 11.4 Å². The minimum atomic E-state index is -0.250. The van der Waals surface area contributed by atoms with Crippen LogP contribution in [0.4, 0.5) is 5.69 Å². The van der Waals surface area contributed by atoms with Crippen molar-refractivity contribution in [1.29, 1.82) is 0 Å². The molecule has 2 aliphatic rings. The predicted octanol–water partition coefficient (Wildman–Crippen LogP) is 3.62. The summed E-state index contributed by atoms with van der Waals surface area (Å²) in [4.78, 5) is 31.7. The fraction of sp³-hybridized carbons (Fsp3) is 0.385. The normalized spacial score (nSPS) is 17.1. The van der Waals surface area contributed by atoms with Crippen LogP contribution in [0, 0.1) is 13.8 Å². The van der Waals surface area contributed by atoms with E-state index in [0.29, 0.717) is 24.4 Å².